The minimum absolute atomic E-state index is 0.0597. The Morgan fingerprint density at radius 2 is 1.91 bits per heavy atom. The van der Waals surface area contributed by atoms with Crippen LogP contribution in [0.2, 0.25) is 0 Å². The number of nitrogens with zero attached hydrogens (tertiary/aromatic N) is 4. The van der Waals surface area contributed by atoms with E-state index >= 15 is 0 Å². The molecular formula is C25H27N5OS. The molecular weight excluding hydrogens is 418 g/mol. The number of hydrogen-bond donors (Lipinski definition) is 1. The van der Waals surface area contributed by atoms with Crippen LogP contribution in [0.1, 0.15) is 29.1 Å². The zero-order valence-corrected chi connectivity index (χ0v) is 19.2. The summed E-state index contributed by atoms with van der Waals surface area (Å²) in [6, 6.07) is 12.1. The number of benzene rings is 1. The van der Waals surface area contributed by atoms with Gasteiger partial charge in [0.15, 0.2) is 0 Å². The highest BCUT2D eigenvalue weighted by Crippen LogP contribution is 2.24. The molecule has 32 heavy (non-hydrogen) atoms. The number of rotatable bonds is 5. The lowest BCUT2D eigenvalue weighted by atomic mass is 9.95. The number of pyridine rings is 1. The van der Waals surface area contributed by atoms with Crippen molar-refractivity contribution in [1.29, 1.82) is 0 Å². The largest absolute Gasteiger partial charge is 0.326 e. The van der Waals surface area contributed by atoms with Crippen LogP contribution >= 0.6 is 11.3 Å². The third kappa shape index (κ3) is 4.45. The van der Waals surface area contributed by atoms with E-state index in [9.17, 15) is 4.79 Å². The Labute approximate surface area is 191 Å². The molecule has 1 aliphatic rings. The van der Waals surface area contributed by atoms with Crippen molar-refractivity contribution < 1.29 is 4.79 Å². The predicted octanol–water partition coefficient (Wildman–Crippen LogP) is 4.93. The zero-order valence-electron chi connectivity index (χ0n) is 18.4. The van der Waals surface area contributed by atoms with Gasteiger partial charge in [0.2, 0.25) is 5.91 Å². The fourth-order valence-electron chi connectivity index (χ4n) is 4.32. The normalized spacial score (nSPS) is 15.3. The van der Waals surface area contributed by atoms with Gasteiger partial charge in [0.1, 0.15) is 5.65 Å². The van der Waals surface area contributed by atoms with Gasteiger partial charge in [-0.15, -0.1) is 11.3 Å². The summed E-state index contributed by atoms with van der Waals surface area (Å²) in [5.41, 5.74) is 6.05. The summed E-state index contributed by atoms with van der Waals surface area (Å²) in [7, 11) is 0. The molecule has 0 radical (unpaired) electrons. The molecule has 1 aliphatic heterocycles. The van der Waals surface area contributed by atoms with Crippen LogP contribution < -0.4 is 5.32 Å². The third-order valence-corrected chi connectivity index (χ3v) is 6.96. The molecule has 0 saturated carbocycles. The first-order valence-corrected chi connectivity index (χ1v) is 11.9. The van der Waals surface area contributed by atoms with Gasteiger partial charge in [-0.3, -0.25) is 9.69 Å². The van der Waals surface area contributed by atoms with Crippen LogP contribution in [0.4, 0.5) is 5.69 Å². The molecule has 5 rings (SSSR count). The zero-order chi connectivity index (χ0) is 22.1. The van der Waals surface area contributed by atoms with E-state index in [0.717, 1.165) is 71.3 Å². The van der Waals surface area contributed by atoms with E-state index in [1.165, 1.54) is 0 Å². The fourth-order valence-corrected chi connectivity index (χ4v) is 4.93. The van der Waals surface area contributed by atoms with Crippen molar-refractivity contribution in [1.82, 2.24) is 19.3 Å². The topological polar surface area (TPSA) is 62.5 Å². The fraction of sp³-hybridized carbons (Fsp3) is 0.320. The maximum Gasteiger partial charge on any atom is 0.227 e. The first kappa shape index (κ1) is 20.8. The highest BCUT2D eigenvalue weighted by molar-refractivity contribution is 7.09. The Morgan fingerprint density at radius 3 is 2.59 bits per heavy atom. The first-order chi connectivity index (χ1) is 15.5. The number of anilines is 1. The van der Waals surface area contributed by atoms with E-state index in [1.54, 1.807) is 11.3 Å². The molecule has 0 aliphatic carbocycles. The van der Waals surface area contributed by atoms with Crippen molar-refractivity contribution in [3.63, 3.8) is 0 Å². The number of fused-ring (bicyclic) bond motifs is 1. The average Bonchev–Trinajstić information content (AvgIpc) is 3.42. The number of likely N-dealkylation sites (tertiary alicyclic amines) is 1. The number of thiazole rings is 1. The van der Waals surface area contributed by atoms with E-state index < -0.39 is 0 Å². The van der Waals surface area contributed by atoms with Crippen molar-refractivity contribution in [3.05, 3.63) is 70.4 Å². The van der Waals surface area contributed by atoms with Gasteiger partial charge in [0.05, 0.1) is 16.4 Å². The van der Waals surface area contributed by atoms with Gasteiger partial charge in [-0.25, -0.2) is 9.97 Å². The third-order valence-electron chi connectivity index (χ3n) is 6.14. The summed E-state index contributed by atoms with van der Waals surface area (Å²) < 4.78 is 2.04. The van der Waals surface area contributed by atoms with Crippen LogP contribution in [0.25, 0.3) is 16.9 Å². The minimum atomic E-state index is 0.0597. The lowest BCUT2D eigenvalue weighted by molar-refractivity contribution is -0.121. The van der Waals surface area contributed by atoms with Crippen LogP contribution in [0.3, 0.4) is 0 Å². The summed E-state index contributed by atoms with van der Waals surface area (Å²) in [5, 5.41) is 6.34. The van der Waals surface area contributed by atoms with Crippen molar-refractivity contribution in [3.8, 4) is 11.3 Å². The van der Waals surface area contributed by atoms with Gasteiger partial charge < -0.3 is 9.72 Å². The van der Waals surface area contributed by atoms with E-state index in [2.05, 4.69) is 33.6 Å². The maximum absolute atomic E-state index is 12.8. The standard InChI is InChI=1S/C25H27N5OS/c1-17-4-3-11-30-15-23(28-24(17)30)19-5-7-21(8-6-19)27-25(31)20-9-12-29(13-10-20)14-22-16-32-18(2)26-22/h3-8,11,15-16,20H,9-10,12-14H2,1-2H3,(H,27,31). The van der Waals surface area contributed by atoms with Gasteiger partial charge in [0, 0.05) is 41.5 Å². The van der Waals surface area contributed by atoms with Crippen molar-refractivity contribution in [2.24, 2.45) is 5.92 Å². The number of aromatic nitrogens is 3. The van der Waals surface area contributed by atoms with Crippen LogP contribution in [-0.4, -0.2) is 38.3 Å². The lowest BCUT2D eigenvalue weighted by Crippen LogP contribution is -2.37. The summed E-state index contributed by atoms with van der Waals surface area (Å²) in [6.07, 6.45) is 5.81. The predicted molar refractivity (Wildman–Crippen MR) is 129 cm³/mol. The second-order valence-electron chi connectivity index (χ2n) is 8.52. The smallest absolute Gasteiger partial charge is 0.227 e. The lowest BCUT2D eigenvalue weighted by Gasteiger charge is -2.30. The molecule has 1 aromatic carbocycles. The molecule has 0 unspecified atom stereocenters. The number of imidazole rings is 1. The molecule has 0 spiro atoms. The van der Waals surface area contributed by atoms with Gasteiger partial charge >= 0.3 is 0 Å². The minimum Gasteiger partial charge on any atom is -0.326 e. The van der Waals surface area contributed by atoms with Crippen LogP contribution in [0, 0.1) is 19.8 Å². The number of piperidine rings is 1. The molecule has 0 atom stereocenters. The molecule has 1 fully saturated rings. The molecule has 6 nitrogen and oxygen atoms in total. The van der Waals surface area contributed by atoms with Gasteiger partial charge in [-0.05, 0) is 63.5 Å². The van der Waals surface area contributed by atoms with Gasteiger partial charge in [-0.2, -0.15) is 0 Å². The van der Waals surface area contributed by atoms with Crippen LogP contribution in [-0.2, 0) is 11.3 Å². The van der Waals surface area contributed by atoms with Crippen molar-refractivity contribution >= 4 is 28.6 Å². The number of hydrogen-bond acceptors (Lipinski definition) is 5. The maximum atomic E-state index is 12.8. The Morgan fingerprint density at radius 1 is 1.12 bits per heavy atom. The number of nitrogens with one attached hydrogen (secondary N) is 1. The Hall–Kier alpha value is -3.03. The molecule has 7 heteroatoms. The quantitative estimate of drug-likeness (QED) is 0.473. The molecule has 4 aromatic rings. The highest BCUT2D eigenvalue weighted by atomic mass is 32.1. The number of amides is 1. The van der Waals surface area contributed by atoms with Crippen LogP contribution in [0.15, 0.2) is 54.2 Å². The SMILES string of the molecule is Cc1nc(CN2CCC(C(=O)Nc3ccc(-c4cn5cccc(C)c5n4)cc3)CC2)cs1. The Bertz CT molecular complexity index is 1230. The number of carbonyl (C=O) groups excluding carboxylic acids is 1. The second-order valence-corrected chi connectivity index (χ2v) is 9.59. The van der Waals surface area contributed by atoms with E-state index in [1.807, 2.05) is 54.0 Å². The van der Waals surface area contributed by atoms with E-state index in [0.29, 0.717) is 0 Å². The average molecular weight is 446 g/mol. The van der Waals surface area contributed by atoms with E-state index in [4.69, 9.17) is 4.98 Å². The molecule has 1 amide bonds. The van der Waals surface area contributed by atoms with Gasteiger partial charge in [0.25, 0.3) is 0 Å². The molecule has 3 aromatic heterocycles. The van der Waals surface area contributed by atoms with Gasteiger partial charge in [-0.1, -0.05) is 18.2 Å². The summed E-state index contributed by atoms with van der Waals surface area (Å²) in [5.74, 6) is 0.176. The monoisotopic (exact) mass is 445 g/mol. The second kappa shape index (κ2) is 8.84. The summed E-state index contributed by atoms with van der Waals surface area (Å²) >= 11 is 1.69. The van der Waals surface area contributed by atoms with Crippen molar-refractivity contribution in [2.75, 3.05) is 18.4 Å². The summed E-state index contributed by atoms with van der Waals surface area (Å²) in [4.78, 5) is 24.5. The number of aryl methyl sites for hydroxylation is 2. The Kier molecular flexibility index (Phi) is 5.76. The molecule has 0 bridgehead atoms. The molecule has 4 heterocycles. The Balaban J connectivity index is 1.17. The van der Waals surface area contributed by atoms with E-state index in [-0.39, 0.29) is 11.8 Å². The van der Waals surface area contributed by atoms with Crippen LogP contribution in [0.5, 0.6) is 0 Å². The highest BCUT2D eigenvalue weighted by Gasteiger charge is 2.25. The molecule has 164 valence electrons. The molecule has 1 saturated heterocycles. The first-order valence-electron chi connectivity index (χ1n) is 11.0. The van der Waals surface area contributed by atoms with Crippen molar-refractivity contribution in [2.45, 2.75) is 33.2 Å². The number of carbonyl (C=O) groups is 1. The summed E-state index contributed by atoms with van der Waals surface area (Å²) in [6.45, 7) is 6.84. The molecule has 1 N–H and O–H groups in total.